The molecule has 0 saturated heterocycles. The van der Waals surface area contributed by atoms with E-state index in [1.165, 1.54) is 5.01 Å². The van der Waals surface area contributed by atoms with Crippen molar-refractivity contribution in [3.63, 3.8) is 0 Å². The fourth-order valence-electron chi connectivity index (χ4n) is 5.08. The molecule has 5 rings (SSSR count). The molecule has 1 aliphatic heterocycles. The zero-order valence-corrected chi connectivity index (χ0v) is 21.6. The molecule has 7 nitrogen and oxygen atoms in total. The molecule has 4 aromatic rings. The highest BCUT2D eigenvalue weighted by molar-refractivity contribution is 6.14. The molecule has 1 N–H and O–H groups in total. The van der Waals surface area contributed by atoms with Crippen molar-refractivity contribution in [1.29, 1.82) is 0 Å². The Morgan fingerprint density at radius 3 is 2.50 bits per heavy atom. The number of carboxylic acids is 1. The van der Waals surface area contributed by atoms with Crippen molar-refractivity contribution in [2.45, 2.75) is 39.2 Å². The van der Waals surface area contributed by atoms with Crippen LogP contribution in [0.15, 0.2) is 77.9 Å². The van der Waals surface area contributed by atoms with Gasteiger partial charge < -0.3 is 9.84 Å². The van der Waals surface area contributed by atoms with Gasteiger partial charge in [0.05, 0.1) is 30.8 Å². The van der Waals surface area contributed by atoms with Crippen molar-refractivity contribution in [2.75, 3.05) is 7.11 Å². The molecule has 7 heteroatoms. The van der Waals surface area contributed by atoms with Crippen molar-refractivity contribution in [1.82, 2.24) is 9.99 Å². The summed E-state index contributed by atoms with van der Waals surface area (Å²) in [6.45, 7) is 4.02. The lowest BCUT2D eigenvalue weighted by Crippen LogP contribution is -2.27. The molecule has 0 saturated carbocycles. The predicted molar refractivity (Wildman–Crippen MR) is 147 cm³/mol. The Labute approximate surface area is 221 Å². The lowest BCUT2D eigenvalue weighted by atomic mass is 9.89. The Morgan fingerprint density at radius 2 is 1.76 bits per heavy atom. The van der Waals surface area contributed by atoms with Crippen LogP contribution in [0, 0.1) is 13.8 Å². The van der Waals surface area contributed by atoms with Crippen molar-refractivity contribution < 1.29 is 19.4 Å². The lowest BCUT2D eigenvalue weighted by molar-refractivity contribution is -0.141. The number of hydrogen-bond acceptors (Lipinski definition) is 5. The molecule has 38 heavy (non-hydrogen) atoms. The number of aromatic nitrogens is 1. The smallest absolute Gasteiger partial charge is 0.303 e. The fourth-order valence-corrected chi connectivity index (χ4v) is 5.08. The number of carbonyl (C=O) groups is 2. The van der Waals surface area contributed by atoms with E-state index < -0.39 is 12.0 Å². The first-order chi connectivity index (χ1) is 18.4. The third kappa shape index (κ3) is 4.87. The zero-order chi connectivity index (χ0) is 26.8. The summed E-state index contributed by atoms with van der Waals surface area (Å²) in [6, 6.07) is 23.6. The number of nitrogens with zero attached hydrogens (tertiary/aromatic N) is 3. The summed E-state index contributed by atoms with van der Waals surface area (Å²) in [5.41, 5.74) is 7.43. The summed E-state index contributed by atoms with van der Waals surface area (Å²) >= 11 is 0. The van der Waals surface area contributed by atoms with Crippen LogP contribution in [0.3, 0.4) is 0 Å². The number of pyridine rings is 1. The number of ether oxygens (including phenoxy) is 1. The van der Waals surface area contributed by atoms with Gasteiger partial charge in [-0.2, -0.15) is 5.10 Å². The molecule has 1 amide bonds. The minimum absolute atomic E-state index is 0.133. The van der Waals surface area contributed by atoms with Gasteiger partial charge >= 0.3 is 5.97 Å². The van der Waals surface area contributed by atoms with Gasteiger partial charge in [-0.3, -0.25) is 14.6 Å². The molecule has 0 spiro atoms. The van der Waals surface area contributed by atoms with Crippen molar-refractivity contribution in [3.05, 3.63) is 95.2 Å². The molecule has 2 heterocycles. The Kier molecular flexibility index (Phi) is 6.92. The molecular formula is C31H29N3O4. The van der Waals surface area contributed by atoms with Gasteiger partial charge in [-0.15, -0.1) is 0 Å². The van der Waals surface area contributed by atoms with Gasteiger partial charge in [-0.05, 0) is 48.7 Å². The number of aliphatic carboxylic acids is 1. The maximum atomic E-state index is 13.3. The van der Waals surface area contributed by atoms with E-state index in [0.717, 1.165) is 50.1 Å². The fraction of sp³-hybridized carbons (Fsp3) is 0.226. The van der Waals surface area contributed by atoms with Crippen molar-refractivity contribution >= 4 is 28.5 Å². The van der Waals surface area contributed by atoms with Crippen molar-refractivity contribution in [3.8, 4) is 16.9 Å². The van der Waals surface area contributed by atoms with Crippen LogP contribution in [0.5, 0.6) is 5.75 Å². The average molecular weight is 508 g/mol. The largest absolute Gasteiger partial charge is 0.497 e. The second-order valence-corrected chi connectivity index (χ2v) is 9.51. The number of hydrogen-bond donors (Lipinski definition) is 1. The normalized spacial score (nSPS) is 15.0. The quantitative estimate of drug-likeness (QED) is 0.328. The number of carbonyl (C=O) groups excluding carboxylic acids is 1. The number of fused-ring (bicyclic) bond motifs is 1. The molecule has 1 atom stereocenters. The first kappa shape index (κ1) is 25.1. The first-order valence-corrected chi connectivity index (χ1v) is 12.6. The van der Waals surface area contributed by atoms with Crippen LogP contribution < -0.4 is 4.74 Å². The van der Waals surface area contributed by atoms with E-state index in [0.29, 0.717) is 12.2 Å². The minimum atomic E-state index is -1.02. The van der Waals surface area contributed by atoms with Gasteiger partial charge in [0.2, 0.25) is 5.91 Å². The number of aryl methyl sites for hydroxylation is 2. The van der Waals surface area contributed by atoms with E-state index >= 15 is 0 Å². The molecule has 1 aliphatic rings. The number of rotatable bonds is 7. The van der Waals surface area contributed by atoms with Gasteiger partial charge in [-0.1, -0.05) is 54.6 Å². The second-order valence-electron chi connectivity index (χ2n) is 9.51. The summed E-state index contributed by atoms with van der Waals surface area (Å²) in [5.74, 6) is -0.674. The number of methoxy groups -OCH3 is 1. The first-order valence-electron chi connectivity index (χ1n) is 12.6. The number of amides is 1. The standard InChI is InChI=1S/C31H29N3O4/c1-19-12-13-24-25(16-19)32-20(2)30(31(24)21-8-5-4-6-9-21)26-18-27(22-10-7-11-23(17-22)38-3)34(33-26)28(35)14-15-29(36)37/h4-13,16-17,27H,14-15,18H2,1-3H3,(H,36,37)/t27-/m1/s1. The van der Waals surface area contributed by atoms with E-state index in [9.17, 15) is 14.7 Å². The SMILES string of the molecule is COc1cccc([C@H]2CC(c3c(C)nc4cc(C)ccc4c3-c3ccccc3)=NN2C(=O)CCC(=O)O)c1. The average Bonchev–Trinajstić information content (AvgIpc) is 3.36. The Bertz CT molecular complexity index is 1560. The summed E-state index contributed by atoms with van der Waals surface area (Å²) in [5, 5.41) is 16.5. The molecule has 0 bridgehead atoms. The van der Waals surface area contributed by atoms with Crippen LogP contribution in [-0.2, 0) is 9.59 Å². The Morgan fingerprint density at radius 1 is 0.974 bits per heavy atom. The van der Waals surface area contributed by atoms with E-state index in [-0.39, 0.29) is 18.7 Å². The summed E-state index contributed by atoms with van der Waals surface area (Å²) in [6.07, 6.45) is 0.0776. The van der Waals surface area contributed by atoms with Crippen LogP contribution in [0.25, 0.3) is 22.0 Å². The topological polar surface area (TPSA) is 92.1 Å². The van der Waals surface area contributed by atoms with Crippen LogP contribution in [-0.4, -0.2) is 39.8 Å². The highest BCUT2D eigenvalue weighted by Gasteiger charge is 2.35. The highest BCUT2D eigenvalue weighted by Crippen LogP contribution is 2.40. The summed E-state index contributed by atoms with van der Waals surface area (Å²) in [7, 11) is 1.60. The van der Waals surface area contributed by atoms with Crippen molar-refractivity contribution in [2.24, 2.45) is 5.10 Å². The Balaban J connectivity index is 1.68. The van der Waals surface area contributed by atoms with Crippen LogP contribution in [0.4, 0.5) is 0 Å². The minimum Gasteiger partial charge on any atom is -0.497 e. The summed E-state index contributed by atoms with van der Waals surface area (Å²) in [4.78, 5) is 29.4. The third-order valence-electron chi connectivity index (χ3n) is 6.87. The van der Waals surface area contributed by atoms with E-state index in [1.807, 2.05) is 56.3 Å². The number of carboxylic acid groups (broad SMARTS) is 1. The lowest BCUT2D eigenvalue weighted by Gasteiger charge is -2.22. The molecule has 3 aromatic carbocycles. The van der Waals surface area contributed by atoms with Gasteiger partial charge in [0.25, 0.3) is 0 Å². The van der Waals surface area contributed by atoms with Gasteiger partial charge in [0, 0.05) is 35.0 Å². The summed E-state index contributed by atoms with van der Waals surface area (Å²) < 4.78 is 5.43. The van der Waals surface area contributed by atoms with Crippen LogP contribution >= 0.6 is 0 Å². The van der Waals surface area contributed by atoms with E-state index in [2.05, 4.69) is 30.3 Å². The van der Waals surface area contributed by atoms with Gasteiger partial charge in [0.15, 0.2) is 0 Å². The monoisotopic (exact) mass is 507 g/mol. The maximum Gasteiger partial charge on any atom is 0.303 e. The van der Waals surface area contributed by atoms with Gasteiger partial charge in [0.1, 0.15) is 5.75 Å². The molecule has 0 aliphatic carbocycles. The molecular weight excluding hydrogens is 478 g/mol. The third-order valence-corrected chi connectivity index (χ3v) is 6.87. The van der Waals surface area contributed by atoms with E-state index in [1.54, 1.807) is 7.11 Å². The van der Waals surface area contributed by atoms with Crippen LogP contribution in [0.2, 0.25) is 0 Å². The predicted octanol–water partition coefficient (Wildman–Crippen LogP) is 6.07. The molecule has 0 radical (unpaired) electrons. The molecule has 1 aromatic heterocycles. The maximum absolute atomic E-state index is 13.3. The number of benzene rings is 3. The van der Waals surface area contributed by atoms with Crippen LogP contribution in [0.1, 0.15) is 47.7 Å². The Hall–Kier alpha value is -4.52. The molecule has 0 fully saturated rings. The van der Waals surface area contributed by atoms with E-state index in [4.69, 9.17) is 14.8 Å². The number of hydrazone groups is 1. The second kappa shape index (κ2) is 10.5. The molecule has 192 valence electrons. The molecule has 0 unspecified atom stereocenters. The zero-order valence-electron chi connectivity index (χ0n) is 21.6. The highest BCUT2D eigenvalue weighted by atomic mass is 16.5. The van der Waals surface area contributed by atoms with Gasteiger partial charge in [-0.25, -0.2) is 5.01 Å².